The lowest BCUT2D eigenvalue weighted by Crippen LogP contribution is -2.30. The molecule has 0 aromatic heterocycles. The molecule has 3 nitrogen and oxygen atoms in total. The third-order valence-corrected chi connectivity index (χ3v) is 4.30. The van der Waals surface area contributed by atoms with Crippen molar-refractivity contribution in [1.29, 1.82) is 5.26 Å². The molecular formula is C16H18N2OS. The molecule has 0 saturated heterocycles. The van der Waals surface area contributed by atoms with Gasteiger partial charge in [0.05, 0.1) is 16.7 Å². The summed E-state index contributed by atoms with van der Waals surface area (Å²) < 4.78 is 0. The van der Waals surface area contributed by atoms with Crippen LogP contribution in [0.25, 0.3) is 0 Å². The zero-order valence-corrected chi connectivity index (χ0v) is 12.8. The van der Waals surface area contributed by atoms with Gasteiger partial charge in [-0.2, -0.15) is 5.26 Å². The Balaban J connectivity index is 2.39. The van der Waals surface area contributed by atoms with Crippen LogP contribution in [0.15, 0.2) is 34.9 Å². The van der Waals surface area contributed by atoms with Crippen LogP contribution in [0.2, 0.25) is 0 Å². The van der Waals surface area contributed by atoms with Crippen LogP contribution < -0.4 is 5.32 Å². The average Bonchev–Trinajstić information content (AvgIpc) is 2.46. The Morgan fingerprint density at radius 1 is 1.35 bits per heavy atom. The monoisotopic (exact) mass is 286 g/mol. The Kier molecular flexibility index (Phi) is 4.51. The van der Waals surface area contributed by atoms with Gasteiger partial charge in [-0.25, -0.2) is 0 Å². The van der Waals surface area contributed by atoms with Crippen molar-refractivity contribution < 1.29 is 4.79 Å². The smallest absolute Gasteiger partial charge is 0.225 e. The molecular weight excluding hydrogens is 268 g/mol. The fourth-order valence-electron chi connectivity index (χ4n) is 2.38. The normalized spacial score (nSPS) is 18.9. The number of thioether (sulfide) groups is 1. The third-order valence-electron chi connectivity index (χ3n) is 3.57. The van der Waals surface area contributed by atoms with E-state index in [0.717, 1.165) is 5.56 Å². The molecule has 2 rings (SSSR count). The molecule has 0 spiro atoms. The minimum absolute atomic E-state index is 0.0220. The number of allylic oxidation sites excluding steroid dienone is 1. The average molecular weight is 286 g/mol. The summed E-state index contributed by atoms with van der Waals surface area (Å²) in [7, 11) is 0. The zero-order chi connectivity index (χ0) is 14.7. The van der Waals surface area contributed by atoms with E-state index in [1.54, 1.807) is 0 Å². The van der Waals surface area contributed by atoms with Crippen LogP contribution in [-0.2, 0) is 4.79 Å². The van der Waals surface area contributed by atoms with Crippen molar-refractivity contribution in [3.63, 3.8) is 0 Å². The van der Waals surface area contributed by atoms with Crippen molar-refractivity contribution >= 4 is 17.7 Å². The van der Waals surface area contributed by atoms with E-state index >= 15 is 0 Å². The summed E-state index contributed by atoms with van der Waals surface area (Å²) in [6, 6.07) is 10.5. The summed E-state index contributed by atoms with van der Waals surface area (Å²) in [5.41, 5.74) is 2.96. The van der Waals surface area contributed by atoms with Crippen LogP contribution >= 0.6 is 11.8 Å². The number of benzene rings is 1. The van der Waals surface area contributed by atoms with Crippen LogP contribution in [0.4, 0.5) is 0 Å². The first-order valence-electron chi connectivity index (χ1n) is 6.64. The van der Waals surface area contributed by atoms with E-state index in [4.69, 9.17) is 0 Å². The van der Waals surface area contributed by atoms with Gasteiger partial charge >= 0.3 is 0 Å². The van der Waals surface area contributed by atoms with Crippen LogP contribution in [0.1, 0.15) is 43.2 Å². The lowest BCUT2D eigenvalue weighted by molar-refractivity contribution is -0.120. The van der Waals surface area contributed by atoms with Gasteiger partial charge in [0.15, 0.2) is 0 Å². The van der Waals surface area contributed by atoms with E-state index in [1.165, 1.54) is 17.3 Å². The summed E-state index contributed by atoms with van der Waals surface area (Å²) in [6.45, 7) is 4.30. The quantitative estimate of drug-likeness (QED) is 0.925. The van der Waals surface area contributed by atoms with Crippen molar-refractivity contribution in [2.24, 2.45) is 0 Å². The minimum atomic E-state index is -0.127. The second-order valence-corrected chi connectivity index (χ2v) is 6.00. The van der Waals surface area contributed by atoms with Crippen LogP contribution in [-0.4, -0.2) is 12.2 Å². The van der Waals surface area contributed by atoms with Crippen molar-refractivity contribution in [2.45, 2.75) is 32.1 Å². The SMILES string of the molecule is CSC1=C(C#N)[C@@H](c2ccc(C(C)C)cc2)CC(=O)N1. The maximum atomic E-state index is 11.8. The highest BCUT2D eigenvalue weighted by atomic mass is 32.2. The summed E-state index contributed by atoms with van der Waals surface area (Å²) in [5.74, 6) is 0.329. The number of hydrogen-bond donors (Lipinski definition) is 1. The molecule has 1 N–H and O–H groups in total. The Bertz CT molecular complexity index is 581. The molecule has 4 heteroatoms. The molecule has 1 aliphatic heterocycles. The van der Waals surface area contributed by atoms with Crippen LogP contribution in [0.3, 0.4) is 0 Å². The first-order valence-corrected chi connectivity index (χ1v) is 7.87. The van der Waals surface area contributed by atoms with Gasteiger partial charge in [-0.05, 0) is 23.3 Å². The van der Waals surface area contributed by atoms with Gasteiger partial charge in [-0.3, -0.25) is 4.79 Å². The van der Waals surface area contributed by atoms with Crippen molar-refractivity contribution in [1.82, 2.24) is 5.32 Å². The van der Waals surface area contributed by atoms with Gasteiger partial charge in [-0.1, -0.05) is 38.1 Å². The number of nitrogens with one attached hydrogen (secondary N) is 1. The first kappa shape index (κ1) is 14.7. The Hall–Kier alpha value is -1.73. The summed E-state index contributed by atoms with van der Waals surface area (Å²) in [5, 5.41) is 12.8. The van der Waals surface area contributed by atoms with Gasteiger partial charge in [0, 0.05) is 12.3 Å². The van der Waals surface area contributed by atoms with Gasteiger partial charge in [0.1, 0.15) is 0 Å². The molecule has 20 heavy (non-hydrogen) atoms. The van der Waals surface area contributed by atoms with Gasteiger partial charge in [0.25, 0.3) is 0 Å². The van der Waals surface area contributed by atoms with Crippen LogP contribution in [0, 0.1) is 11.3 Å². The molecule has 0 unspecified atom stereocenters. The maximum Gasteiger partial charge on any atom is 0.225 e. The van der Waals surface area contributed by atoms with Crippen LogP contribution in [0.5, 0.6) is 0 Å². The number of carbonyl (C=O) groups is 1. The number of nitriles is 1. The molecule has 1 amide bonds. The van der Waals surface area contributed by atoms with E-state index in [1.807, 2.05) is 18.4 Å². The number of carbonyl (C=O) groups excluding carboxylic acids is 1. The minimum Gasteiger partial charge on any atom is -0.320 e. The summed E-state index contributed by atoms with van der Waals surface area (Å²) in [6.07, 6.45) is 2.21. The summed E-state index contributed by atoms with van der Waals surface area (Å²) in [4.78, 5) is 11.8. The molecule has 1 atom stereocenters. The van der Waals surface area contributed by atoms with Gasteiger partial charge in [0.2, 0.25) is 5.91 Å². The van der Waals surface area contributed by atoms with E-state index in [2.05, 4.69) is 37.4 Å². The van der Waals surface area contributed by atoms with E-state index in [-0.39, 0.29) is 11.8 Å². The second kappa shape index (κ2) is 6.15. The van der Waals surface area contributed by atoms with E-state index in [9.17, 15) is 10.1 Å². The molecule has 1 aromatic rings. The lowest BCUT2D eigenvalue weighted by atomic mass is 9.86. The molecule has 1 aromatic carbocycles. The fraction of sp³-hybridized carbons (Fsp3) is 0.375. The first-order chi connectivity index (χ1) is 9.56. The second-order valence-electron chi connectivity index (χ2n) is 5.18. The standard InChI is InChI=1S/C16H18N2OS/c1-10(2)11-4-6-12(7-5-11)13-8-15(19)18-16(20-3)14(13)9-17/h4-7,10,13H,8H2,1-3H3,(H,18,19)/t13-/m1/s1. The largest absolute Gasteiger partial charge is 0.320 e. The maximum absolute atomic E-state index is 11.8. The zero-order valence-electron chi connectivity index (χ0n) is 11.9. The molecule has 104 valence electrons. The Labute approximate surface area is 124 Å². The van der Waals surface area contributed by atoms with Crippen molar-refractivity contribution in [3.8, 4) is 6.07 Å². The highest BCUT2D eigenvalue weighted by molar-refractivity contribution is 8.02. The molecule has 0 bridgehead atoms. The number of hydrogen-bond acceptors (Lipinski definition) is 3. The molecule has 1 aliphatic rings. The molecule has 0 fully saturated rings. The van der Waals surface area contributed by atoms with Crippen molar-refractivity contribution in [2.75, 3.05) is 6.26 Å². The van der Waals surface area contributed by atoms with E-state index in [0.29, 0.717) is 22.9 Å². The fourth-order valence-corrected chi connectivity index (χ4v) is 3.00. The number of rotatable bonds is 3. The number of nitrogens with zero attached hydrogens (tertiary/aromatic N) is 1. The van der Waals surface area contributed by atoms with Crippen molar-refractivity contribution in [3.05, 3.63) is 46.0 Å². The third kappa shape index (κ3) is 2.88. The predicted octanol–water partition coefficient (Wildman–Crippen LogP) is 3.51. The highest BCUT2D eigenvalue weighted by Gasteiger charge is 2.28. The molecule has 0 aliphatic carbocycles. The topological polar surface area (TPSA) is 52.9 Å². The van der Waals surface area contributed by atoms with E-state index < -0.39 is 0 Å². The molecule has 1 heterocycles. The summed E-state index contributed by atoms with van der Waals surface area (Å²) >= 11 is 1.41. The predicted molar refractivity (Wildman–Crippen MR) is 82.2 cm³/mol. The van der Waals surface area contributed by atoms with Gasteiger partial charge < -0.3 is 5.32 Å². The van der Waals surface area contributed by atoms with Gasteiger partial charge in [-0.15, -0.1) is 11.8 Å². The number of amides is 1. The lowest BCUT2D eigenvalue weighted by Gasteiger charge is -2.24. The Morgan fingerprint density at radius 2 is 2.00 bits per heavy atom. The molecule has 0 saturated carbocycles. The Morgan fingerprint density at radius 3 is 2.50 bits per heavy atom. The molecule has 0 radical (unpaired) electrons. The highest BCUT2D eigenvalue weighted by Crippen LogP contribution is 2.35.